The molecule has 1 heterocycles. The molecule has 2 unspecified atom stereocenters. The molecule has 0 aliphatic carbocycles. The SMILES string of the molecule is COC1(C)CP(=O)(c2ccccc2)CC(C)=C1Cl. The van der Waals surface area contributed by atoms with Crippen LogP contribution in [0.2, 0.25) is 0 Å². The van der Waals surface area contributed by atoms with Crippen LogP contribution in [0.5, 0.6) is 0 Å². The fourth-order valence-corrected chi connectivity index (χ4v) is 6.33. The third-order valence-electron chi connectivity index (χ3n) is 3.57. The zero-order valence-corrected chi connectivity index (χ0v) is 12.6. The van der Waals surface area contributed by atoms with E-state index in [1.54, 1.807) is 7.11 Å². The Morgan fingerprint density at radius 2 is 1.94 bits per heavy atom. The van der Waals surface area contributed by atoms with E-state index in [-0.39, 0.29) is 0 Å². The highest BCUT2D eigenvalue weighted by atomic mass is 35.5. The van der Waals surface area contributed by atoms with Crippen molar-refractivity contribution >= 4 is 24.0 Å². The Hall–Kier alpha value is -0.560. The van der Waals surface area contributed by atoms with Crippen molar-refractivity contribution in [2.45, 2.75) is 19.4 Å². The van der Waals surface area contributed by atoms with Gasteiger partial charge < -0.3 is 9.30 Å². The summed E-state index contributed by atoms with van der Waals surface area (Å²) in [7, 11) is -0.843. The number of allylic oxidation sites excluding steroid dienone is 1. The van der Waals surface area contributed by atoms with Crippen LogP contribution in [0.25, 0.3) is 0 Å². The molecular weight excluding hydrogens is 267 g/mol. The van der Waals surface area contributed by atoms with Crippen LogP contribution in [0, 0.1) is 0 Å². The van der Waals surface area contributed by atoms with E-state index in [1.807, 2.05) is 44.2 Å². The monoisotopic (exact) mass is 284 g/mol. The van der Waals surface area contributed by atoms with E-state index in [1.165, 1.54) is 0 Å². The summed E-state index contributed by atoms with van der Waals surface area (Å²) in [6.45, 7) is 3.85. The Morgan fingerprint density at radius 3 is 2.50 bits per heavy atom. The smallest absolute Gasteiger partial charge is 0.122 e. The van der Waals surface area contributed by atoms with Crippen molar-refractivity contribution in [2.75, 3.05) is 19.4 Å². The molecule has 0 fully saturated rings. The second-order valence-electron chi connectivity index (χ2n) is 5.07. The van der Waals surface area contributed by atoms with Gasteiger partial charge in [-0.2, -0.15) is 0 Å². The molecule has 1 aromatic rings. The first-order chi connectivity index (χ1) is 8.41. The van der Waals surface area contributed by atoms with Gasteiger partial charge in [0.05, 0.1) is 0 Å². The van der Waals surface area contributed by atoms with E-state index in [9.17, 15) is 4.57 Å². The molecule has 4 heteroatoms. The first kappa shape index (κ1) is 13.9. The topological polar surface area (TPSA) is 26.3 Å². The molecule has 0 saturated carbocycles. The van der Waals surface area contributed by atoms with Crippen LogP contribution >= 0.6 is 18.7 Å². The van der Waals surface area contributed by atoms with Gasteiger partial charge in [-0.3, -0.25) is 0 Å². The fourth-order valence-electron chi connectivity index (χ4n) is 2.55. The highest BCUT2D eigenvalue weighted by Gasteiger charge is 2.43. The lowest BCUT2D eigenvalue weighted by molar-refractivity contribution is 0.0622. The predicted molar refractivity (Wildman–Crippen MR) is 77.4 cm³/mol. The van der Waals surface area contributed by atoms with Crippen LogP contribution in [-0.4, -0.2) is 25.0 Å². The zero-order chi connectivity index (χ0) is 13.4. The molecule has 0 aromatic heterocycles. The molecule has 2 nitrogen and oxygen atoms in total. The van der Waals surface area contributed by atoms with E-state index in [4.69, 9.17) is 16.3 Å². The fraction of sp³-hybridized carbons (Fsp3) is 0.429. The molecule has 1 aliphatic rings. The lowest BCUT2D eigenvalue weighted by atomic mass is 10.1. The van der Waals surface area contributed by atoms with Gasteiger partial charge in [-0.05, 0) is 19.4 Å². The first-order valence-electron chi connectivity index (χ1n) is 5.96. The maximum Gasteiger partial charge on any atom is 0.122 e. The molecule has 0 amide bonds. The average Bonchev–Trinajstić information content (AvgIpc) is 2.37. The van der Waals surface area contributed by atoms with Gasteiger partial charge in [0.1, 0.15) is 12.7 Å². The number of rotatable bonds is 2. The van der Waals surface area contributed by atoms with E-state index < -0.39 is 12.7 Å². The largest absolute Gasteiger partial charge is 0.372 e. The predicted octanol–water partition coefficient (Wildman–Crippen LogP) is 3.61. The lowest BCUT2D eigenvalue weighted by Gasteiger charge is -2.37. The number of ether oxygens (including phenoxy) is 1. The van der Waals surface area contributed by atoms with Crippen LogP contribution < -0.4 is 5.30 Å². The Kier molecular flexibility index (Phi) is 3.73. The molecule has 2 atom stereocenters. The summed E-state index contributed by atoms with van der Waals surface area (Å²) in [6, 6.07) is 9.65. The Balaban J connectivity index is 2.48. The van der Waals surface area contributed by atoms with Crippen LogP contribution in [0.15, 0.2) is 40.9 Å². The third kappa shape index (κ3) is 2.30. The average molecular weight is 285 g/mol. The maximum absolute atomic E-state index is 13.2. The summed E-state index contributed by atoms with van der Waals surface area (Å²) >= 11 is 6.32. The van der Waals surface area contributed by atoms with E-state index in [0.717, 1.165) is 10.9 Å². The van der Waals surface area contributed by atoms with Crippen LogP contribution in [0.3, 0.4) is 0 Å². The van der Waals surface area contributed by atoms with Crippen molar-refractivity contribution in [3.63, 3.8) is 0 Å². The van der Waals surface area contributed by atoms with Gasteiger partial charge in [-0.1, -0.05) is 41.9 Å². The number of hydrogen-bond acceptors (Lipinski definition) is 2. The quantitative estimate of drug-likeness (QED) is 0.776. The molecule has 1 aliphatic heterocycles. The summed E-state index contributed by atoms with van der Waals surface area (Å²) in [5.74, 6) is 0. The van der Waals surface area contributed by atoms with Crippen molar-refractivity contribution in [2.24, 2.45) is 0 Å². The molecule has 0 radical (unpaired) electrons. The summed E-state index contributed by atoms with van der Waals surface area (Å²) in [6.07, 6.45) is 1.02. The van der Waals surface area contributed by atoms with Crippen molar-refractivity contribution in [3.05, 3.63) is 40.9 Å². The van der Waals surface area contributed by atoms with E-state index >= 15 is 0 Å². The molecule has 0 N–H and O–H groups in total. The van der Waals surface area contributed by atoms with Crippen molar-refractivity contribution in [1.82, 2.24) is 0 Å². The molecule has 98 valence electrons. The second kappa shape index (κ2) is 4.85. The van der Waals surface area contributed by atoms with Gasteiger partial charge in [0.15, 0.2) is 0 Å². The standard InChI is InChI=1S/C14H18ClO2P/c1-11-9-18(16,12-7-5-4-6-8-12)10-14(2,17-3)13(11)15/h4-8H,9-10H2,1-3H3. The van der Waals surface area contributed by atoms with Gasteiger partial charge in [-0.25, -0.2) is 0 Å². The van der Waals surface area contributed by atoms with E-state index in [0.29, 0.717) is 17.4 Å². The normalized spacial score (nSPS) is 32.7. The minimum absolute atomic E-state index is 0.469. The molecule has 0 bridgehead atoms. The number of hydrogen-bond donors (Lipinski definition) is 0. The van der Waals surface area contributed by atoms with Crippen molar-refractivity contribution in [3.8, 4) is 0 Å². The van der Waals surface area contributed by atoms with Gasteiger partial charge in [0.25, 0.3) is 0 Å². The molecule has 2 rings (SSSR count). The van der Waals surface area contributed by atoms with Gasteiger partial charge in [0, 0.05) is 29.8 Å². The van der Waals surface area contributed by atoms with Crippen molar-refractivity contribution in [1.29, 1.82) is 0 Å². The second-order valence-corrected chi connectivity index (χ2v) is 8.38. The van der Waals surface area contributed by atoms with Crippen LogP contribution in [0.1, 0.15) is 13.8 Å². The molecule has 1 aromatic carbocycles. The lowest BCUT2D eigenvalue weighted by Crippen LogP contribution is -2.38. The molecule has 0 saturated heterocycles. The minimum Gasteiger partial charge on any atom is -0.372 e. The zero-order valence-electron chi connectivity index (χ0n) is 10.9. The summed E-state index contributed by atoms with van der Waals surface area (Å²) in [5.41, 5.74) is 0.342. The number of halogens is 1. The highest BCUT2D eigenvalue weighted by molar-refractivity contribution is 7.72. The third-order valence-corrected chi connectivity index (χ3v) is 7.63. The molecule has 18 heavy (non-hydrogen) atoms. The highest BCUT2D eigenvalue weighted by Crippen LogP contribution is 2.55. The van der Waals surface area contributed by atoms with Gasteiger partial charge in [0.2, 0.25) is 0 Å². The number of benzene rings is 1. The van der Waals surface area contributed by atoms with E-state index in [2.05, 4.69) is 0 Å². The Morgan fingerprint density at radius 1 is 1.33 bits per heavy atom. The summed E-state index contributed by atoms with van der Waals surface area (Å²) in [5, 5.41) is 1.61. The minimum atomic E-state index is -2.46. The van der Waals surface area contributed by atoms with Crippen LogP contribution in [0.4, 0.5) is 0 Å². The summed E-state index contributed by atoms with van der Waals surface area (Å²) < 4.78 is 18.7. The Bertz CT molecular complexity index is 524. The van der Waals surface area contributed by atoms with Crippen molar-refractivity contribution < 1.29 is 9.30 Å². The van der Waals surface area contributed by atoms with Crippen LogP contribution in [-0.2, 0) is 9.30 Å². The number of methoxy groups -OCH3 is 1. The first-order valence-corrected chi connectivity index (χ1v) is 8.41. The Labute approximate surface area is 113 Å². The molecular formula is C14H18ClO2P. The van der Waals surface area contributed by atoms with Gasteiger partial charge >= 0.3 is 0 Å². The van der Waals surface area contributed by atoms with Gasteiger partial charge in [-0.15, -0.1) is 0 Å². The molecule has 0 spiro atoms. The summed E-state index contributed by atoms with van der Waals surface area (Å²) in [4.78, 5) is 0. The maximum atomic E-state index is 13.2.